The highest BCUT2D eigenvalue weighted by Crippen LogP contribution is 2.24. The lowest BCUT2D eigenvalue weighted by molar-refractivity contribution is -0.151. The number of hydrogen-bond acceptors (Lipinski definition) is 6. The number of ether oxygens (including phenoxy) is 1. The maximum Gasteiger partial charge on any atom is 0.329 e. The summed E-state index contributed by atoms with van der Waals surface area (Å²) in [5.74, 6) is -2.34. The Hall–Kier alpha value is -3.68. The predicted octanol–water partition coefficient (Wildman–Crippen LogP) is 1.86. The highest BCUT2D eigenvalue weighted by Gasteiger charge is 2.41. The molecule has 0 unspecified atom stereocenters. The Morgan fingerprint density at radius 1 is 1.00 bits per heavy atom. The largest absolute Gasteiger partial charge is 0.454 e. The Bertz CT molecular complexity index is 941. The average molecular weight is 423 g/mol. The van der Waals surface area contributed by atoms with Crippen LogP contribution in [0.4, 0.5) is 5.69 Å². The van der Waals surface area contributed by atoms with E-state index in [0.717, 1.165) is 23.6 Å². The molecule has 0 fully saturated rings. The van der Waals surface area contributed by atoms with Gasteiger partial charge >= 0.3 is 5.97 Å². The molecule has 3 rings (SSSR count). The van der Waals surface area contributed by atoms with E-state index >= 15 is 0 Å². The summed E-state index contributed by atoms with van der Waals surface area (Å²) in [4.78, 5) is 52.1. The molecule has 2 aromatic carbocycles. The van der Waals surface area contributed by atoms with Crippen molar-refractivity contribution < 1.29 is 23.9 Å². The van der Waals surface area contributed by atoms with Crippen LogP contribution in [-0.2, 0) is 14.3 Å². The number of carbonyl (C=O) groups excluding carboxylic acids is 4. The van der Waals surface area contributed by atoms with Crippen LogP contribution in [0.3, 0.4) is 0 Å². The number of esters is 1. The summed E-state index contributed by atoms with van der Waals surface area (Å²) in [6.45, 7) is 2.12. The zero-order valence-corrected chi connectivity index (χ0v) is 17.5. The molecule has 2 aromatic rings. The summed E-state index contributed by atoms with van der Waals surface area (Å²) in [6.07, 6.45) is 0.719. The van der Waals surface area contributed by atoms with Crippen molar-refractivity contribution >= 4 is 29.4 Å². The number of amides is 3. The summed E-state index contributed by atoms with van der Waals surface area (Å²) < 4.78 is 5.01. The highest BCUT2D eigenvalue weighted by atomic mass is 16.5. The van der Waals surface area contributed by atoms with Crippen LogP contribution in [0.5, 0.6) is 0 Å². The van der Waals surface area contributed by atoms with Gasteiger partial charge in [-0.15, -0.1) is 0 Å². The second kappa shape index (κ2) is 9.88. The molecule has 162 valence electrons. The fourth-order valence-corrected chi connectivity index (χ4v) is 3.33. The SMILES string of the molecule is C[C@H](C(=O)OCC(=O)NCCCN(C)c1ccccc1)N1C(=O)c2ccccc2C1=O. The van der Waals surface area contributed by atoms with E-state index in [2.05, 4.69) is 10.2 Å². The van der Waals surface area contributed by atoms with E-state index in [1.807, 2.05) is 37.4 Å². The third-order valence-corrected chi connectivity index (χ3v) is 5.09. The zero-order chi connectivity index (χ0) is 22.4. The van der Waals surface area contributed by atoms with E-state index in [9.17, 15) is 19.2 Å². The molecule has 1 N–H and O–H groups in total. The van der Waals surface area contributed by atoms with Crippen molar-refractivity contribution in [2.45, 2.75) is 19.4 Å². The van der Waals surface area contributed by atoms with Gasteiger partial charge in [-0.1, -0.05) is 30.3 Å². The molecule has 3 amide bonds. The maximum atomic E-state index is 12.4. The van der Waals surface area contributed by atoms with E-state index in [1.165, 1.54) is 19.1 Å². The van der Waals surface area contributed by atoms with Crippen LogP contribution in [0.2, 0.25) is 0 Å². The van der Waals surface area contributed by atoms with Crippen LogP contribution in [0.1, 0.15) is 34.1 Å². The number of rotatable bonds is 9. The van der Waals surface area contributed by atoms with Gasteiger partial charge in [0, 0.05) is 25.8 Å². The number of para-hydroxylation sites is 1. The summed E-state index contributed by atoms with van der Waals surface area (Å²) in [6, 6.07) is 15.1. The number of hydrogen-bond donors (Lipinski definition) is 1. The van der Waals surface area contributed by atoms with E-state index in [-0.39, 0.29) is 11.1 Å². The van der Waals surface area contributed by atoms with Crippen molar-refractivity contribution in [2.75, 3.05) is 31.6 Å². The van der Waals surface area contributed by atoms with Gasteiger partial charge in [-0.05, 0) is 37.6 Å². The molecule has 0 saturated heterocycles. The molecular weight excluding hydrogens is 398 g/mol. The van der Waals surface area contributed by atoms with Gasteiger partial charge in [-0.3, -0.25) is 19.3 Å². The van der Waals surface area contributed by atoms with Gasteiger partial charge in [0.2, 0.25) is 0 Å². The topological polar surface area (TPSA) is 96.0 Å². The zero-order valence-electron chi connectivity index (χ0n) is 17.5. The first-order valence-electron chi connectivity index (χ1n) is 10.1. The van der Waals surface area contributed by atoms with E-state index in [1.54, 1.807) is 12.1 Å². The predicted molar refractivity (Wildman–Crippen MR) is 115 cm³/mol. The summed E-state index contributed by atoms with van der Waals surface area (Å²) >= 11 is 0. The van der Waals surface area contributed by atoms with Gasteiger partial charge < -0.3 is 15.0 Å². The van der Waals surface area contributed by atoms with Crippen LogP contribution in [0.15, 0.2) is 54.6 Å². The van der Waals surface area contributed by atoms with Gasteiger partial charge in [-0.2, -0.15) is 0 Å². The van der Waals surface area contributed by atoms with Crippen LogP contribution >= 0.6 is 0 Å². The second-order valence-electron chi connectivity index (χ2n) is 7.27. The number of fused-ring (bicyclic) bond motifs is 1. The summed E-state index contributed by atoms with van der Waals surface area (Å²) in [5, 5.41) is 2.69. The average Bonchev–Trinajstić information content (AvgIpc) is 3.05. The van der Waals surface area contributed by atoms with Crippen molar-refractivity contribution in [1.29, 1.82) is 0 Å². The molecule has 8 heteroatoms. The van der Waals surface area contributed by atoms with Gasteiger partial charge in [0.05, 0.1) is 11.1 Å². The molecule has 0 bridgehead atoms. The van der Waals surface area contributed by atoms with Gasteiger partial charge in [0.15, 0.2) is 6.61 Å². The van der Waals surface area contributed by atoms with Gasteiger partial charge in [-0.25, -0.2) is 4.79 Å². The van der Waals surface area contributed by atoms with Gasteiger partial charge in [0.1, 0.15) is 6.04 Å². The van der Waals surface area contributed by atoms with Crippen molar-refractivity contribution in [3.05, 3.63) is 65.7 Å². The Morgan fingerprint density at radius 2 is 1.58 bits per heavy atom. The second-order valence-corrected chi connectivity index (χ2v) is 7.27. The fraction of sp³-hybridized carbons (Fsp3) is 0.304. The minimum atomic E-state index is -1.13. The Kier molecular flexibility index (Phi) is 7.02. The first-order chi connectivity index (χ1) is 14.9. The highest BCUT2D eigenvalue weighted by molar-refractivity contribution is 6.22. The molecule has 0 saturated carbocycles. The minimum Gasteiger partial charge on any atom is -0.454 e. The molecule has 1 heterocycles. The smallest absolute Gasteiger partial charge is 0.329 e. The van der Waals surface area contributed by atoms with Crippen LogP contribution in [0, 0.1) is 0 Å². The normalized spacial score (nSPS) is 13.5. The molecular formula is C23H25N3O5. The molecule has 0 aromatic heterocycles. The maximum absolute atomic E-state index is 12.4. The van der Waals surface area contributed by atoms with Crippen molar-refractivity contribution in [1.82, 2.24) is 10.2 Å². The fourth-order valence-electron chi connectivity index (χ4n) is 3.33. The number of imide groups is 1. The van der Waals surface area contributed by atoms with Gasteiger partial charge in [0.25, 0.3) is 17.7 Å². The summed E-state index contributed by atoms with van der Waals surface area (Å²) in [5.41, 5.74) is 1.60. The number of carbonyl (C=O) groups is 4. The Morgan fingerprint density at radius 3 is 2.19 bits per heavy atom. The molecule has 1 aliphatic heterocycles. The molecule has 0 radical (unpaired) electrons. The van der Waals surface area contributed by atoms with Crippen molar-refractivity contribution in [3.63, 3.8) is 0 Å². The first-order valence-corrected chi connectivity index (χ1v) is 10.1. The van der Waals surface area contributed by atoms with E-state index < -0.39 is 36.3 Å². The monoisotopic (exact) mass is 423 g/mol. The van der Waals surface area contributed by atoms with E-state index in [4.69, 9.17) is 4.74 Å². The number of anilines is 1. The molecule has 0 aliphatic carbocycles. The molecule has 0 spiro atoms. The first kappa shape index (κ1) is 22.0. The van der Waals surface area contributed by atoms with Crippen LogP contribution in [0.25, 0.3) is 0 Å². The third kappa shape index (κ3) is 5.09. The van der Waals surface area contributed by atoms with Crippen molar-refractivity contribution in [2.24, 2.45) is 0 Å². The molecule has 8 nitrogen and oxygen atoms in total. The molecule has 31 heavy (non-hydrogen) atoms. The molecule has 1 atom stereocenters. The van der Waals surface area contributed by atoms with Crippen molar-refractivity contribution in [3.8, 4) is 0 Å². The lowest BCUT2D eigenvalue weighted by Gasteiger charge is -2.21. The third-order valence-electron chi connectivity index (χ3n) is 5.09. The van der Waals surface area contributed by atoms with Crippen LogP contribution < -0.4 is 10.2 Å². The van der Waals surface area contributed by atoms with Crippen LogP contribution in [-0.4, -0.2) is 61.4 Å². The number of nitrogens with one attached hydrogen (secondary N) is 1. The standard InChI is InChI=1S/C23H25N3O5/c1-16(26-21(28)18-11-6-7-12-19(18)22(26)29)23(30)31-15-20(27)24-13-8-14-25(2)17-9-4-3-5-10-17/h3-7,9-12,16H,8,13-15H2,1-2H3,(H,24,27)/t16-/m1/s1. The number of nitrogens with zero attached hydrogens (tertiary/aromatic N) is 2. The van der Waals surface area contributed by atoms with E-state index in [0.29, 0.717) is 6.54 Å². The number of benzene rings is 2. The lowest BCUT2D eigenvalue weighted by Crippen LogP contribution is -2.44. The Balaban J connectivity index is 1.40. The summed E-state index contributed by atoms with van der Waals surface area (Å²) in [7, 11) is 1.97. The lowest BCUT2D eigenvalue weighted by atomic mass is 10.1. The minimum absolute atomic E-state index is 0.255. The molecule has 1 aliphatic rings. The Labute approximate surface area is 180 Å². The quantitative estimate of drug-likeness (QED) is 0.376.